The summed E-state index contributed by atoms with van der Waals surface area (Å²) in [7, 11) is 2.15. The third-order valence-corrected chi connectivity index (χ3v) is 5.79. The molecule has 1 saturated heterocycles. The molecule has 1 N–H and O–H groups in total. The third-order valence-electron chi connectivity index (χ3n) is 5.79. The Morgan fingerprint density at radius 2 is 1.89 bits per heavy atom. The van der Waals surface area contributed by atoms with Crippen LogP contribution in [-0.4, -0.2) is 37.1 Å². The van der Waals surface area contributed by atoms with Crippen LogP contribution in [0.3, 0.4) is 0 Å². The topological polar surface area (TPSA) is 15.3 Å². The number of likely N-dealkylation sites (tertiary alicyclic amines) is 1. The monoisotopic (exact) mass is 266 g/mol. The predicted octanol–water partition coefficient (Wildman–Crippen LogP) is 3.52. The van der Waals surface area contributed by atoms with Crippen LogP contribution in [0, 0.1) is 17.3 Å². The predicted molar refractivity (Wildman–Crippen MR) is 83.4 cm³/mol. The lowest BCUT2D eigenvalue weighted by molar-refractivity contribution is 0.108. The summed E-state index contributed by atoms with van der Waals surface area (Å²) in [6.07, 6.45) is 6.97. The number of nitrogens with zero attached hydrogens (tertiary/aromatic N) is 1. The van der Waals surface area contributed by atoms with Gasteiger partial charge in [-0.15, -0.1) is 0 Å². The van der Waals surface area contributed by atoms with Crippen LogP contribution in [0.2, 0.25) is 0 Å². The van der Waals surface area contributed by atoms with Gasteiger partial charge in [0.25, 0.3) is 0 Å². The first kappa shape index (κ1) is 15.3. The summed E-state index contributed by atoms with van der Waals surface area (Å²) in [4.78, 5) is 2.80. The first-order chi connectivity index (χ1) is 8.95. The van der Waals surface area contributed by atoms with Gasteiger partial charge in [-0.05, 0) is 56.5 Å². The molecular formula is C17H34N2. The largest absolute Gasteiger partial charge is 0.315 e. The Labute approximate surface area is 120 Å². The molecule has 19 heavy (non-hydrogen) atoms. The first-order valence-electron chi connectivity index (χ1n) is 8.37. The fourth-order valence-corrected chi connectivity index (χ4v) is 4.14. The van der Waals surface area contributed by atoms with Crippen molar-refractivity contribution in [2.75, 3.05) is 20.1 Å². The molecule has 1 aliphatic carbocycles. The minimum atomic E-state index is 0.475. The van der Waals surface area contributed by atoms with E-state index >= 15 is 0 Å². The van der Waals surface area contributed by atoms with E-state index in [1.807, 2.05) is 0 Å². The minimum Gasteiger partial charge on any atom is -0.315 e. The molecule has 2 aliphatic rings. The van der Waals surface area contributed by atoms with Gasteiger partial charge in [0.15, 0.2) is 0 Å². The van der Waals surface area contributed by atoms with E-state index in [0.717, 1.165) is 23.9 Å². The zero-order valence-electron chi connectivity index (χ0n) is 13.7. The number of nitrogens with one attached hydrogen (secondary N) is 1. The molecule has 0 aromatic rings. The van der Waals surface area contributed by atoms with Crippen LogP contribution in [0.5, 0.6) is 0 Å². The third kappa shape index (κ3) is 3.52. The van der Waals surface area contributed by atoms with E-state index in [4.69, 9.17) is 0 Å². The zero-order valence-corrected chi connectivity index (χ0v) is 13.7. The van der Waals surface area contributed by atoms with Crippen molar-refractivity contribution < 1.29 is 0 Å². The highest BCUT2D eigenvalue weighted by molar-refractivity contribution is 4.95. The molecule has 2 fully saturated rings. The summed E-state index contributed by atoms with van der Waals surface area (Å²) < 4.78 is 0. The number of rotatable bonds is 3. The molecule has 1 heterocycles. The Morgan fingerprint density at radius 3 is 2.42 bits per heavy atom. The smallest absolute Gasteiger partial charge is 0.0251 e. The van der Waals surface area contributed by atoms with Gasteiger partial charge in [0.1, 0.15) is 0 Å². The molecule has 0 aromatic carbocycles. The molecule has 1 saturated carbocycles. The maximum absolute atomic E-state index is 3.59. The fourth-order valence-electron chi connectivity index (χ4n) is 4.14. The molecule has 2 heteroatoms. The molecule has 0 amide bonds. The summed E-state index contributed by atoms with van der Waals surface area (Å²) in [5.74, 6) is 1.84. The average Bonchev–Trinajstić information content (AvgIpc) is 2.87. The molecule has 0 bridgehead atoms. The lowest BCUT2D eigenvalue weighted by Crippen LogP contribution is -2.51. The number of hydrogen-bond donors (Lipinski definition) is 1. The van der Waals surface area contributed by atoms with Gasteiger partial charge in [-0.3, -0.25) is 4.90 Å². The summed E-state index contributed by atoms with van der Waals surface area (Å²) in [6.45, 7) is 12.2. The van der Waals surface area contributed by atoms with Crippen molar-refractivity contribution in [1.29, 1.82) is 0 Å². The maximum atomic E-state index is 3.59. The minimum absolute atomic E-state index is 0.475. The fraction of sp³-hybridized carbons (Fsp3) is 1.00. The molecule has 2 nitrogen and oxygen atoms in total. The Balaban J connectivity index is 1.99. The Morgan fingerprint density at radius 1 is 1.16 bits per heavy atom. The first-order valence-corrected chi connectivity index (χ1v) is 8.37. The van der Waals surface area contributed by atoms with Crippen LogP contribution in [0.25, 0.3) is 0 Å². The molecule has 4 atom stereocenters. The van der Waals surface area contributed by atoms with Crippen LogP contribution < -0.4 is 5.32 Å². The second kappa shape index (κ2) is 6.13. The van der Waals surface area contributed by atoms with Gasteiger partial charge in [-0.25, -0.2) is 0 Å². The SMILES string of the molecule is CCC1CCC(NC)C(N2CCC(C(C)(C)C)C2)C1. The zero-order chi connectivity index (χ0) is 14.0. The van der Waals surface area contributed by atoms with E-state index in [9.17, 15) is 0 Å². The van der Waals surface area contributed by atoms with E-state index in [2.05, 4.69) is 45.0 Å². The van der Waals surface area contributed by atoms with Crippen LogP contribution in [0.4, 0.5) is 0 Å². The summed E-state index contributed by atoms with van der Waals surface area (Å²) in [5, 5.41) is 3.59. The molecule has 112 valence electrons. The van der Waals surface area contributed by atoms with Crippen molar-refractivity contribution >= 4 is 0 Å². The second-order valence-electron chi connectivity index (χ2n) is 7.90. The van der Waals surface area contributed by atoms with E-state index in [0.29, 0.717) is 5.41 Å². The number of hydrogen-bond acceptors (Lipinski definition) is 2. The second-order valence-corrected chi connectivity index (χ2v) is 7.90. The van der Waals surface area contributed by atoms with Crippen LogP contribution in [0.1, 0.15) is 59.8 Å². The normalized spacial score (nSPS) is 37.7. The van der Waals surface area contributed by atoms with Gasteiger partial charge in [-0.2, -0.15) is 0 Å². The highest BCUT2D eigenvalue weighted by atomic mass is 15.2. The summed E-state index contributed by atoms with van der Waals surface area (Å²) in [5.41, 5.74) is 0.475. The van der Waals surface area contributed by atoms with Crippen molar-refractivity contribution in [3.05, 3.63) is 0 Å². The van der Waals surface area contributed by atoms with Gasteiger partial charge in [0, 0.05) is 18.6 Å². The van der Waals surface area contributed by atoms with Crippen molar-refractivity contribution in [2.24, 2.45) is 17.3 Å². The number of likely N-dealkylation sites (N-methyl/N-ethyl adjacent to an activating group) is 1. The standard InChI is InChI=1S/C17H34N2/c1-6-13-7-8-15(18-5)16(11-13)19-10-9-14(12-19)17(2,3)4/h13-16,18H,6-12H2,1-5H3. The lowest BCUT2D eigenvalue weighted by Gasteiger charge is -2.41. The van der Waals surface area contributed by atoms with Crippen molar-refractivity contribution in [3.8, 4) is 0 Å². The average molecular weight is 266 g/mol. The Kier molecular flexibility index (Phi) is 4.94. The van der Waals surface area contributed by atoms with E-state index in [1.54, 1.807) is 0 Å². The van der Waals surface area contributed by atoms with E-state index in [1.165, 1.54) is 45.2 Å². The molecule has 2 rings (SSSR count). The van der Waals surface area contributed by atoms with Gasteiger partial charge < -0.3 is 5.32 Å². The molecular weight excluding hydrogens is 232 g/mol. The molecule has 0 spiro atoms. The van der Waals surface area contributed by atoms with Gasteiger partial charge in [0.05, 0.1) is 0 Å². The Bertz CT molecular complexity index is 281. The van der Waals surface area contributed by atoms with E-state index in [-0.39, 0.29) is 0 Å². The molecule has 1 aliphatic heterocycles. The van der Waals surface area contributed by atoms with Crippen LogP contribution in [-0.2, 0) is 0 Å². The van der Waals surface area contributed by atoms with Crippen LogP contribution >= 0.6 is 0 Å². The molecule has 4 unspecified atom stereocenters. The van der Waals surface area contributed by atoms with Gasteiger partial charge in [0.2, 0.25) is 0 Å². The lowest BCUT2D eigenvalue weighted by atomic mass is 9.79. The summed E-state index contributed by atoms with van der Waals surface area (Å²) in [6, 6.07) is 1.51. The highest BCUT2D eigenvalue weighted by Crippen LogP contribution is 2.38. The Hall–Kier alpha value is -0.0800. The maximum Gasteiger partial charge on any atom is 0.0251 e. The van der Waals surface area contributed by atoms with Gasteiger partial charge >= 0.3 is 0 Å². The van der Waals surface area contributed by atoms with Crippen LogP contribution in [0.15, 0.2) is 0 Å². The summed E-state index contributed by atoms with van der Waals surface area (Å²) >= 11 is 0. The highest BCUT2D eigenvalue weighted by Gasteiger charge is 2.39. The van der Waals surface area contributed by atoms with Crippen molar-refractivity contribution in [2.45, 2.75) is 71.9 Å². The van der Waals surface area contributed by atoms with Gasteiger partial charge in [-0.1, -0.05) is 34.1 Å². The van der Waals surface area contributed by atoms with Crippen molar-refractivity contribution in [1.82, 2.24) is 10.2 Å². The van der Waals surface area contributed by atoms with Crippen molar-refractivity contribution in [3.63, 3.8) is 0 Å². The molecule has 0 radical (unpaired) electrons. The quantitative estimate of drug-likeness (QED) is 0.841. The molecule has 0 aromatic heterocycles. The van der Waals surface area contributed by atoms with E-state index < -0.39 is 0 Å².